The zero-order valence-corrected chi connectivity index (χ0v) is 4.18. The maximum absolute atomic E-state index is 9.33. The van der Waals surface area contributed by atoms with E-state index in [1.807, 2.05) is 0 Å². The molecule has 0 aromatic rings. The van der Waals surface area contributed by atoms with Crippen LogP contribution in [0.1, 0.15) is 6.92 Å². The number of aliphatic hydroxyl groups excluding tert-OH is 1. The van der Waals surface area contributed by atoms with Gasteiger partial charge in [0.1, 0.15) is 0 Å². The predicted octanol–water partition coefficient (Wildman–Crippen LogP) is 0.548. The Bertz CT molecular complexity index is 44.1. The molecule has 6 heavy (non-hydrogen) atoms. The van der Waals surface area contributed by atoms with E-state index in [2.05, 4.69) is 4.52 Å². The SMILES string of the molecule is CC(O)OP=O. The predicted molar refractivity (Wildman–Crippen MR) is 20.4 cm³/mol. The van der Waals surface area contributed by atoms with Crippen LogP contribution in [-0.2, 0) is 9.09 Å². The van der Waals surface area contributed by atoms with E-state index in [9.17, 15) is 4.57 Å². The normalized spacial score (nSPS) is 15.0. The van der Waals surface area contributed by atoms with E-state index in [4.69, 9.17) is 5.11 Å². The molecule has 0 aliphatic carbocycles. The van der Waals surface area contributed by atoms with Crippen molar-refractivity contribution in [1.82, 2.24) is 0 Å². The molecule has 36 valence electrons. The minimum Gasteiger partial charge on any atom is -0.367 e. The highest BCUT2D eigenvalue weighted by molar-refractivity contribution is 7.17. The van der Waals surface area contributed by atoms with Gasteiger partial charge in [-0.25, -0.2) is 4.57 Å². The Morgan fingerprint density at radius 2 is 2.50 bits per heavy atom. The fourth-order valence-corrected chi connectivity index (χ4v) is 0.187. The van der Waals surface area contributed by atoms with E-state index in [0.717, 1.165) is 0 Å². The molecule has 0 spiro atoms. The maximum atomic E-state index is 9.33. The molecular weight excluding hydrogens is 103 g/mol. The van der Waals surface area contributed by atoms with Crippen LogP contribution >= 0.6 is 8.69 Å². The molecule has 0 bridgehead atoms. The topological polar surface area (TPSA) is 46.5 Å². The van der Waals surface area contributed by atoms with E-state index in [0.29, 0.717) is 0 Å². The Kier molecular flexibility index (Phi) is 3.23. The molecular formula is C2H5O3P. The van der Waals surface area contributed by atoms with Gasteiger partial charge in [0, 0.05) is 0 Å². The Hall–Kier alpha value is 0.0200. The molecule has 3 nitrogen and oxygen atoms in total. The molecule has 0 heterocycles. The van der Waals surface area contributed by atoms with Crippen molar-refractivity contribution in [2.45, 2.75) is 13.2 Å². The summed E-state index contributed by atoms with van der Waals surface area (Å²) in [5, 5.41) is 8.12. The molecule has 0 amide bonds. The van der Waals surface area contributed by atoms with E-state index in [1.54, 1.807) is 0 Å². The zero-order valence-electron chi connectivity index (χ0n) is 3.29. The molecule has 1 unspecified atom stereocenters. The first-order valence-corrected chi connectivity index (χ1v) is 2.17. The highest BCUT2D eigenvalue weighted by Crippen LogP contribution is 1.96. The van der Waals surface area contributed by atoms with Crippen LogP contribution in [0.5, 0.6) is 0 Å². The van der Waals surface area contributed by atoms with Gasteiger partial charge in [0.25, 0.3) is 0 Å². The largest absolute Gasteiger partial charge is 0.367 e. The fraction of sp³-hybridized carbons (Fsp3) is 1.00. The van der Waals surface area contributed by atoms with Gasteiger partial charge in [-0.15, -0.1) is 0 Å². The second kappa shape index (κ2) is 3.22. The summed E-state index contributed by atoms with van der Waals surface area (Å²) >= 11 is 0. The summed E-state index contributed by atoms with van der Waals surface area (Å²) in [6, 6.07) is 0. The van der Waals surface area contributed by atoms with Gasteiger partial charge in [-0.3, -0.25) is 4.52 Å². The van der Waals surface area contributed by atoms with Crippen LogP contribution in [0.15, 0.2) is 0 Å². The molecule has 0 rings (SSSR count). The fourth-order valence-electron chi connectivity index (χ4n) is 0.0623. The van der Waals surface area contributed by atoms with Crippen molar-refractivity contribution >= 4 is 8.69 Å². The van der Waals surface area contributed by atoms with Crippen molar-refractivity contribution in [3.05, 3.63) is 0 Å². The van der Waals surface area contributed by atoms with Crippen molar-refractivity contribution in [3.63, 3.8) is 0 Å². The molecule has 0 aromatic heterocycles. The van der Waals surface area contributed by atoms with Gasteiger partial charge in [0.05, 0.1) is 0 Å². The first-order valence-electron chi connectivity index (χ1n) is 1.44. The van der Waals surface area contributed by atoms with Crippen LogP contribution < -0.4 is 0 Å². The van der Waals surface area contributed by atoms with Crippen LogP contribution in [0.3, 0.4) is 0 Å². The smallest absolute Gasteiger partial charge is 0.329 e. The molecule has 0 aromatic carbocycles. The Balaban J connectivity index is 2.81. The summed E-state index contributed by atoms with van der Waals surface area (Å²) in [6.07, 6.45) is -0.927. The molecule has 1 N–H and O–H groups in total. The average Bonchev–Trinajstić information content (AvgIpc) is 1.35. The minimum atomic E-state index is -0.927. The van der Waals surface area contributed by atoms with Crippen molar-refractivity contribution in [1.29, 1.82) is 0 Å². The number of rotatable bonds is 2. The minimum absolute atomic E-state index is 0.476. The van der Waals surface area contributed by atoms with Crippen LogP contribution in [-0.4, -0.2) is 11.4 Å². The number of aliphatic hydroxyl groups is 1. The highest BCUT2D eigenvalue weighted by Gasteiger charge is 1.87. The summed E-state index contributed by atoms with van der Waals surface area (Å²) in [4.78, 5) is 0. The molecule has 0 saturated heterocycles. The number of hydrogen-bond donors (Lipinski definition) is 1. The quantitative estimate of drug-likeness (QED) is 0.415. The van der Waals surface area contributed by atoms with Crippen molar-refractivity contribution in [2.75, 3.05) is 0 Å². The first-order chi connectivity index (χ1) is 2.77. The monoisotopic (exact) mass is 108 g/mol. The van der Waals surface area contributed by atoms with Crippen molar-refractivity contribution < 1.29 is 14.2 Å². The maximum Gasteiger partial charge on any atom is 0.329 e. The highest BCUT2D eigenvalue weighted by atomic mass is 31.1. The van der Waals surface area contributed by atoms with Gasteiger partial charge in [0.2, 0.25) is 0 Å². The molecule has 4 heteroatoms. The van der Waals surface area contributed by atoms with Crippen LogP contribution in [0.4, 0.5) is 0 Å². The first kappa shape index (κ1) is 6.02. The van der Waals surface area contributed by atoms with Crippen molar-refractivity contribution in [3.8, 4) is 0 Å². The molecule has 0 fully saturated rings. The van der Waals surface area contributed by atoms with E-state index in [1.165, 1.54) is 6.92 Å². The third-order valence-electron chi connectivity index (χ3n) is 0.196. The third kappa shape index (κ3) is 4.02. The van der Waals surface area contributed by atoms with Gasteiger partial charge < -0.3 is 5.11 Å². The Morgan fingerprint density at radius 1 is 2.00 bits per heavy atom. The van der Waals surface area contributed by atoms with Gasteiger partial charge in [-0.1, -0.05) is 0 Å². The Morgan fingerprint density at radius 3 is 2.50 bits per heavy atom. The second-order valence-electron chi connectivity index (χ2n) is 0.779. The van der Waals surface area contributed by atoms with E-state index in [-0.39, 0.29) is 0 Å². The molecule has 1 atom stereocenters. The summed E-state index contributed by atoms with van der Waals surface area (Å²) in [7, 11) is -0.476. The standard InChI is InChI=1S/C2H5O3P/c1-2(3)5-6-4/h2-3H,1H3. The average molecular weight is 108 g/mol. The summed E-state index contributed by atoms with van der Waals surface area (Å²) < 4.78 is 13.3. The van der Waals surface area contributed by atoms with Gasteiger partial charge in [-0.2, -0.15) is 0 Å². The van der Waals surface area contributed by atoms with Gasteiger partial charge >= 0.3 is 8.69 Å². The lowest BCUT2D eigenvalue weighted by molar-refractivity contribution is 0.0102. The van der Waals surface area contributed by atoms with Gasteiger partial charge in [0.15, 0.2) is 6.29 Å². The number of hydrogen-bond acceptors (Lipinski definition) is 3. The Labute approximate surface area is 37.2 Å². The van der Waals surface area contributed by atoms with Gasteiger partial charge in [-0.05, 0) is 6.92 Å². The van der Waals surface area contributed by atoms with Crippen LogP contribution in [0.2, 0.25) is 0 Å². The lowest BCUT2D eigenvalue weighted by Gasteiger charge is -1.90. The molecule has 0 aliphatic heterocycles. The molecule has 0 radical (unpaired) electrons. The van der Waals surface area contributed by atoms with E-state index >= 15 is 0 Å². The summed E-state index contributed by atoms with van der Waals surface area (Å²) in [5.74, 6) is 0. The third-order valence-corrected chi connectivity index (χ3v) is 0.587. The van der Waals surface area contributed by atoms with Crippen LogP contribution in [0.25, 0.3) is 0 Å². The lowest BCUT2D eigenvalue weighted by Crippen LogP contribution is -1.95. The van der Waals surface area contributed by atoms with Crippen LogP contribution in [0, 0.1) is 0 Å². The summed E-state index contributed by atoms with van der Waals surface area (Å²) in [5.41, 5.74) is 0. The van der Waals surface area contributed by atoms with Crippen molar-refractivity contribution in [2.24, 2.45) is 0 Å². The zero-order chi connectivity index (χ0) is 4.99. The van der Waals surface area contributed by atoms with E-state index < -0.39 is 15.0 Å². The summed E-state index contributed by atoms with van der Waals surface area (Å²) in [6.45, 7) is 1.38. The molecule has 0 aliphatic rings. The second-order valence-corrected chi connectivity index (χ2v) is 1.14. The lowest BCUT2D eigenvalue weighted by atomic mass is 10.8. The molecule has 0 saturated carbocycles.